The molecule has 2 N–H and O–H groups in total. The molecule has 0 unspecified atom stereocenters. The van der Waals surface area contributed by atoms with Gasteiger partial charge in [-0.15, -0.1) is 5.10 Å². The van der Waals surface area contributed by atoms with Gasteiger partial charge in [-0.3, -0.25) is 19.4 Å². The number of anilines is 3. The lowest BCUT2D eigenvalue weighted by Crippen LogP contribution is -2.32. The maximum Gasteiger partial charge on any atom is 0.416 e. The summed E-state index contributed by atoms with van der Waals surface area (Å²) in [6, 6.07) is 8.54. The fourth-order valence-corrected chi connectivity index (χ4v) is 5.15. The number of urea groups is 1. The second kappa shape index (κ2) is 12.5. The molecule has 1 saturated heterocycles. The minimum Gasteiger partial charge on any atom is -0.355 e. The molecule has 0 saturated carbocycles. The first-order valence-corrected chi connectivity index (χ1v) is 14.1. The highest BCUT2D eigenvalue weighted by Crippen LogP contribution is 2.39. The molecule has 2 aromatic heterocycles. The number of amides is 4. The zero-order valence-electron chi connectivity index (χ0n) is 24.7. The SMILES string of the molecule is CNC(=O)c1cc(C#N)cc(C)c1NC(=O)c1cc(N2CCN(c3cc(C(F)(F)F)cc(C(F)(F)F)c3)C2=O)nn1-c1ncccc1Cl. The normalized spacial score (nSPS) is 13.5. The molecule has 0 bridgehead atoms. The minimum atomic E-state index is -5.13. The molecular formula is C30H21ClF6N8O3. The van der Waals surface area contributed by atoms with E-state index in [4.69, 9.17) is 11.6 Å². The smallest absolute Gasteiger partial charge is 0.355 e. The van der Waals surface area contributed by atoms with Gasteiger partial charge in [0.2, 0.25) is 0 Å². The lowest BCUT2D eigenvalue weighted by Gasteiger charge is -2.20. The molecule has 0 radical (unpaired) electrons. The van der Waals surface area contributed by atoms with Crippen LogP contribution in [0.2, 0.25) is 5.02 Å². The van der Waals surface area contributed by atoms with Crippen LogP contribution in [0.25, 0.3) is 5.82 Å². The number of carbonyl (C=O) groups excluding carboxylic acids is 3. The van der Waals surface area contributed by atoms with Crippen LogP contribution >= 0.6 is 11.6 Å². The summed E-state index contributed by atoms with van der Waals surface area (Å²) in [7, 11) is 1.35. The number of alkyl halides is 6. The summed E-state index contributed by atoms with van der Waals surface area (Å²) in [5, 5.41) is 18.7. The van der Waals surface area contributed by atoms with Gasteiger partial charge in [0.25, 0.3) is 11.8 Å². The van der Waals surface area contributed by atoms with E-state index in [1.54, 1.807) is 6.92 Å². The van der Waals surface area contributed by atoms with Crippen LogP contribution in [0, 0.1) is 18.3 Å². The third-order valence-electron chi connectivity index (χ3n) is 7.21. The summed E-state index contributed by atoms with van der Waals surface area (Å²) in [5.41, 5.74) is -3.58. The molecular weight excluding hydrogens is 670 g/mol. The number of pyridine rings is 1. The molecule has 48 heavy (non-hydrogen) atoms. The van der Waals surface area contributed by atoms with Gasteiger partial charge in [-0.05, 0) is 55.0 Å². The van der Waals surface area contributed by atoms with Crippen LogP contribution in [0.3, 0.4) is 0 Å². The van der Waals surface area contributed by atoms with Crippen LogP contribution in [0.1, 0.15) is 43.1 Å². The quantitative estimate of drug-likeness (QED) is 0.232. The average Bonchev–Trinajstić information content (AvgIpc) is 3.64. The Balaban J connectivity index is 1.56. The Bertz CT molecular complexity index is 1970. The van der Waals surface area contributed by atoms with Crippen molar-refractivity contribution in [1.82, 2.24) is 20.1 Å². The lowest BCUT2D eigenvalue weighted by molar-refractivity contribution is -0.143. The second-order valence-corrected chi connectivity index (χ2v) is 10.7. The van der Waals surface area contributed by atoms with Crippen molar-refractivity contribution < 1.29 is 40.7 Å². The average molecular weight is 691 g/mol. The predicted molar refractivity (Wildman–Crippen MR) is 160 cm³/mol. The molecule has 3 heterocycles. The van der Waals surface area contributed by atoms with Crippen LogP contribution in [0.5, 0.6) is 0 Å². The first-order valence-electron chi connectivity index (χ1n) is 13.7. The second-order valence-electron chi connectivity index (χ2n) is 10.3. The maximum atomic E-state index is 13.8. The van der Waals surface area contributed by atoms with E-state index in [0.29, 0.717) is 17.7 Å². The van der Waals surface area contributed by atoms with Crippen LogP contribution in [-0.4, -0.2) is 52.7 Å². The van der Waals surface area contributed by atoms with Crippen molar-refractivity contribution in [3.05, 3.63) is 93.3 Å². The van der Waals surface area contributed by atoms with Crippen LogP contribution in [0.4, 0.5) is 48.3 Å². The molecule has 248 valence electrons. The maximum absolute atomic E-state index is 13.8. The van der Waals surface area contributed by atoms with Gasteiger partial charge in [0.05, 0.1) is 39.0 Å². The van der Waals surface area contributed by atoms with E-state index in [1.807, 2.05) is 6.07 Å². The molecule has 0 atom stereocenters. The Morgan fingerprint density at radius 2 is 1.60 bits per heavy atom. The fraction of sp³-hybridized carbons (Fsp3) is 0.200. The van der Waals surface area contributed by atoms with Gasteiger partial charge in [0.1, 0.15) is 5.69 Å². The van der Waals surface area contributed by atoms with E-state index in [0.717, 1.165) is 20.5 Å². The fourth-order valence-electron chi connectivity index (χ4n) is 4.95. The number of rotatable bonds is 6. The number of nitrogens with zero attached hydrogens (tertiary/aromatic N) is 6. The Morgan fingerprint density at radius 3 is 2.19 bits per heavy atom. The zero-order chi connectivity index (χ0) is 35.1. The Labute approximate surface area is 272 Å². The van der Waals surface area contributed by atoms with Crippen LogP contribution < -0.4 is 20.4 Å². The van der Waals surface area contributed by atoms with Crippen molar-refractivity contribution >= 4 is 46.6 Å². The third-order valence-corrected chi connectivity index (χ3v) is 7.51. The summed E-state index contributed by atoms with van der Waals surface area (Å²) in [6.07, 6.45) is -8.92. The number of carbonyl (C=O) groups is 3. The number of hydrogen-bond donors (Lipinski definition) is 2. The van der Waals surface area contributed by atoms with Gasteiger partial charge in [0, 0.05) is 38.1 Å². The summed E-state index contributed by atoms with van der Waals surface area (Å²) >= 11 is 6.33. The molecule has 1 aliphatic heterocycles. The number of hydrogen-bond acceptors (Lipinski definition) is 6. The van der Waals surface area contributed by atoms with Gasteiger partial charge >= 0.3 is 18.4 Å². The van der Waals surface area contributed by atoms with E-state index in [9.17, 15) is 46.0 Å². The Morgan fingerprint density at radius 1 is 0.958 bits per heavy atom. The molecule has 4 amide bonds. The van der Waals surface area contributed by atoms with E-state index in [-0.39, 0.29) is 58.3 Å². The number of nitriles is 1. The molecule has 2 aromatic carbocycles. The Kier molecular flexibility index (Phi) is 8.80. The summed E-state index contributed by atoms with van der Waals surface area (Å²) < 4.78 is 82.0. The van der Waals surface area contributed by atoms with E-state index in [2.05, 4.69) is 20.7 Å². The monoisotopic (exact) mass is 690 g/mol. The number of aryl methyl sites for hydroxylation is 1. The van der Waals surface area contributed by atoms with Crippen LogP contribution in [-0.2, 0) is 12.4 Å². The Hall–Kier alpha value is -5.63. The molecule has 11 nitrogen and oxygen atoms in total. The number of benzene rings is 2. The van der Waals surface area contributed by atoms with Crippen molar-refractivity contribution in [3.8, 4) is 11.9 Å². The van der Waals surface area contributed by atoms with Crippen molar-refractivity contribution in [2.45, 2.75) is 19.3 Å². The van der Waals surface area contributed by atoms with E-state index < -0.39 is 47.0 Å². The van der Waals surface area contributed by atoms with Crippen LogP contribution in [0.15, 0.2) is 54.7 Å². The van der Waals surface area contributed by atoms with Gasteiger partial charge in [0.15, 0.2) is 11.6 Å². The molecule has 5 rings (SSSR count). The lowest BCUT2D eigenvalue weighted by atomic mass is 10.0. The topological polar surface area (TPSA) is 136 Å². The number of aromatic nitrogens is 3. The van der Waals surface area contributed by atoms with Crippen molar-refractivity contribution in [2.24, 2.45) is 0 Å². The van der Waals surface area contributed by atoms with Crippen molar-refractivity contribution in [3.63, 3.8) is 0 Å². The van der Waals surface area contributed by atoms with Gasteiger partial charge in [-0.1, -0.05) is 11.6 Å². The summed E-state index contributed by atoms with van der Waals surface area (Å²) in [5.74, 6) is -1.75. The van der Waals surface area contributed by atoms with Crippen molar-refractivity contribution in [1.29, 1.82) is 5.26 Å². The van der Waals surface area contributed by atoms with Gasteiger partial charge in [-0.25, -0.2) is 14.5 Å². The highest BCUT2D eigenvalue weighted by atomic mass is 35.5. The summed E-state index contributed by atoms with van der Waals surface area (Å²) in [4.78, 5) is 45.7. The molecule has 0 aliphatic carbocycles. The highest BCUT2D eigenvalue weighted by Gasteiger charge is 2.40. The van der Waals surface area contributed by atoms with E-state index in [1.165, 1.54) is 37.5 Å². The predicted octanol–water partition coefficient (Wildman–Crippen LogP) is 6.20. The van der Waals surface area contributed by atoms with Gasteiger partial charge in [-0.2, -0.15) is 31.6 Å². The summed E-state index contributed by atoms with van der Waals surface area (Å²) in [6.45, 7) is 0.993. The number of nitrogens with one attached hydrogen (secondary N) is 2. The van der Waals surface area contributed by atoms with Gasteiger partial charge < -0.3 is 10.6 Å². The first-order chi connectivity index (χ1) is 22.5. The molecule has 1 fully saturated rings. The molecule has 0 spiro atoms. The molecule has 1 aliphatic rings. The van der Waals surface area contributed by atoms with Crippen molar-refractivity contribution in [2.75, 3.05) is 35.3 Å². The number of halogens is 7. The molecule has 4 aromatic rings. The highest BCUT2D eigenvalue weighted by molar-refractivity contribution is 6.32. The first kappa shape index (κ1) is 33.7. The van der Waals surface area contributed by atoms with E-state index >= 15 is 0 Å². The zero-order valence-corrected chi connectivity index (χ0v) is 25.4. The molecule has 18 heteroatoms. The standard InChI is InChI=1S/C30H21ClF6N8O3/c1-15-8-16(14-38)9-20(26(46)39-2)24(15)41-27(47)22-13-23(42-45(22)25-21(31)4-3-5-40-25)44-7-6-43(28(44)48)19-11-17(29(32,33)34)10-18(12-19)30(35,36)37/h3-5,8-13H,6-7H2,1-2H3,(H,39,46)(H,41,47). The largest absolute Gasteiger partial charge is 0.416 e. The third kappa shape index (κ3) is 6.47. The minimum absolute atomic E-state index is 0.0276.